The molecule has 8 heteroatoms. The third kappa shape index (κ3) is 2.99. The van der Waals surface area contributed by atoms with Crippen LogP contribution in [0.25, 0.3) is 0 Å². The summed E-state index contributed by atoms with van der Waals surface area (Å²) in [7, 11) is 5.02. The van der Waals surface area contributed by atoms with Crippen molar-refractivity contribution in [3.05, 3.63) is 39.8 Å². The summed E-state index contributed by atoms with van der Waals surface area (Å²) < 4.78 is 8.24. The number of aryl methyl sites for hydroxylation is 1. The molecule has 0 radical (unpaired) electrons. The molecule has 8 nitrogen and oxygen atoms in total. The van der Waals surface area contributed by atoms with Crippen LogP contribution in [-0.4, -0.2) is 27.5 Å². The lowest BCUT2D eigenvalue weighted by Crippen LogP contribution is -2.36. The zero-order valence-electron chi connectivity index (χ0n) is 14.0. The molecule has 0 fully saturated rings. The largest absolute Gasteiger partial charge is 0.480 e. The summed E-state index contributed by atoms with van der Waals surface area (Å²) in [6, 6.07) is 4.58. The topological polar surface area (TPSA) is 90.2 Å². The van der Waals surface area contributed by atoms with Gasteiger partial charge in [0.05, 0.1) is 13.2 Å². The van der Waals surface area contributed by atoms with E-state index in [4.69, 9.17) is 4.74 Å². The highest BCUT2D eigenvalue weighted by molar-refractivity contribution is 5.88. The van der Waals surface area contributed by atoms with E-state index in [-0.39, 0.29) is 17.6 Å². The number of carbonyl (C=O) groups is 1. The van der Waals surface area contributed by atoms with Gasteiger partial charge in [-0.1, -0.05) is 0 Å². The second-order valence-corrected chi connectivity index (χ2v) is 5.87. The van der Waals surface area contributed by atoms with E-state index in [0.29, 0.717) is 11.7 Å². The fraction of sp³-hybridized carbons (Fsp3) is 0.438. The molecular formula is C16H21N5O3. The van der Waals surface area contributed by atoms with E-state index in [1.807, 2.05) is 6.07 Å². The summed E-state index contributed by atoms with van der Waals surface area (Å²) >= 11 is 0. The number of ether oxygens (including phenoxy) is 1. The Kier molecular flexibility index (Phi) is 4.28. The SMILES string of the molecule is COc1cc(NC(=O)NC2CCCc3c2ccc(=O)n3C)n(C)n1. The van der Waals surface area contributed by atoms with Crippen molar-refractivity contribution in [1.82, 2.24) is 19.7 Å². The highest BCUT2D eigenvalue weighted by Crippen LogP contribution is 2.28. The Morgan fingerprint density at radius 1 is 1.38 bits per heavy atom. The first-order chi connectivity index (χ1) is 11.5. The van der Waals surface area contributed by atoms with Crippen LogP contribution in [0.15, 0.2) is 23.0 Å². The van der Waals surface area contributed by atoms with Crippen LogP contribution in [0.3, 0.4) is 0 Å². The Labute approximate surface area is 139 Å². The second-order valence-electron chi connectivity index (χ2n) is 5.87. The third-order valence-electron chi connectivity index (χ3n) is 4.37. The van der Waals surface area contributed by atoms with Gasteiger partial charge in [-0.2, -0.15) is 0 Å². The molecule has 2 N–H and O–H groups in total. The number of carbonyl (C=O) groups excluding carboxylic acids is 1. The number of pyridine rings is 1. The highest BCUT2D eigenvalue weighted by atomic mass is 16.5. The predicted octanol–water partition coefficient (Wildman–Crippen LogP) is 1.33. The molecule has 1 aliphatic carbocycles. The first-order valence-corrected chi connectivity index (χ1v) is 7.84. The van der Waals surface area contributed by atoms with Gasteiger partial charge in [0.15, 0.2) is 0 Å². The summed E-state index contributed by atoms with van der Waals surface area (Å²) in [5.74, 6) is 0.978. The Balaban J connectivity index is 1.75. The van der Waals surface area contributed by atoms with E-state index in [2.05, 4.69) is 15.7 Å². The van der Waals surface area contributed by atoms with E-state index in [0.717, 1.165) is 30.5 Å². The van der Waals surface area contributed by atoms with Gasteiger partial charge in [-0.05, 0) is 30.9 Å². The van der Waals surface area contributed by atoms with Gasteiger partial charge in [0.1, 0.15) is 5.82 Å². The van der Waals surface area contributed by atoms with Crippen LogP contribution in [0.5, 0.6) is 5.88 Å². The molecule has 2 aromatic heterocycles. The average molecular weight is 331 g/mol. The minimum absolute atomic E-state index is 0.0270. The van der Waals surface area contributed by atoms with Crippen molar-refractivity contribution in [1.29, 1.82) is 0 Å². The molecule has 0 saturated heterocycles. The number of urea groups is 1. The van der Waals surface area contributed by atoms with Gasteiger partial charge in [0.2, 0.25) is 11.4 Å². The summed E-state index contributed by atoms with van der Waals surface area (Å²) in [6.45, 7) is 0. The van der Waals surface area contributed by atoms with Crippen LogP contribution >= 0.6 is 0 Å². The van der Waals surface area contributed by atoms with Gasteiger partial charge in [-0.3, -0.25) is 10.1 Å². The minimum Gasteiger partial charge on any atom is -0.480 e. The number of anilines is 1. The molecule has 1 aliphatic rings. The van der Waals surface area contributed by atoms with Crippen molar-refractivity contribution in [3.63, 3.8) is 0 Å². The van der Waals surface area contributed by atoms with Gasteiger partial charge in [0.25, 0.3) is 0 Å². The zero-order valence-corrected chi connectivity index (χ0v) is 14.0. The fourth-order valence-electron chi connectivity index (χ4n) is 3.07. The summed E-state index contributed by atoms with van der Waals surface area (Å²) in [5.41, 5.74) is 1.96. The normalized spacial score (nSPS) is 16.4. The van der Waals surface area contributed by atoms with Crippen LogP contribution in [-0.2, 0) is 20.5 Å². The number of hydrogen-bond donors (Lipinski definition) is 2. The molecule has 2 aromatic rings. The van der Waals surface area contributed by atoms with E-state index >= 15 is 0 Å². The van der Waals surface area contributed by atoms with Crippen LogP contribution in [0.2, 0.25) is 0 Å². The minimum atomic E-state index is -0.313. The monoisotopic (exact) mass is 331 g/mol. The van der Waals surface area contributed by atoms with Crippen molar-refractivity contribution in [2.24, 2.45) is 14.1 Å². The zero-order chi connectivity index (χ0) is 17.3. The quantitative estimate of drug-likeness (QED) is 0.888. The molecule has 128 valence electrons. The van der Waals surface area contributed by atoms with Gasteiger partial charge >= 0.3 is 6.03 Å². The maximum Gasteiger partial charge on any atom is 0.320 e. The van der Waals surface area contributed by atoms with Gasteiger partial charge in [-0.25, -0.2) is 9.48 Å². The first-order valence-electron chi connectivity index (χ1n) is 7.84. The second kappa shape index (κ2) is 6.38. The molecule has 0 saturated carbocycles. The predicted molar refractivity (Wildman–Crippen MR) is 89.3 cm³/mol. The smallest absolute Gasteiger partial charge is 0.320 e. The van der Waals surface area contributed by atoms with E-state index < -0.39 is 0 Å². The number of fused-ring (bicyclic) bond motifs is 1. The standard InChI is InChI=1S/C16H21N5O3/c1-20-12-6-4-5-11(10(12)7-8-15(20)22)17-16(23)18-13-9-14(24-3)19-21(13)2/h7-9,11H,4-6H2,1-3H3,(H2,17,18,23). The molecule has 2 heterocycles. The average Bonchev–Trinajstić information content (AvgIpc) is 2.91. The van der Waals surface area contributed by atoms with Crippen molar-refractivity contribution in [3.8, 4) is 5.88 Å². The molecular weight excluding hydrogens is 310 g/mol. The summed E-state index contributed by atoms with van der Waals surface area (Å²) in [4.78, 5) is 24.1. The van der Waals surface area contributed by atoms with Crippen LogP contribution < -0.4 is 20.9 Å². The summed E-state index contributed by atoms with van der Waals surface area (Å²) in [6.07, 6.45) is 2.61. The molecule has 1 unspecified atom stereocenters. The number of rotatable bonds is 3. The molecule has 0 bridgehead atoms. The number of amides is 2. The lowest BCUT2D eigenvalue weighted by molar-refractivity contribution is 0.246. The lowest BCUT2D eigenvalue weighted by atomic mass is 9.91. The molecule has 1 atom stereocenters. The fourth-order valence-corrected chi connectivity index (χ4v) is 3.07. The molecule has 0 aromatic carbocycles. The Morgan fingerprint density at radius 2 is 2.17 bits per heavy atom. The third-order valence-corrected chi connectivity index (χ3v) is 4.37. The Hall–Kier alpha value is -2.77. The highest BCUT2D eigenvalue weighted by Gasteiger charge is 2.24. The molecule has 3 rings (SSSR count). The van der Waals surface area contributed by atoms with Crippen molar-refractivity contribution < 1.29 is 9.53 Å². The number of nitrogens with zero attached hydrogens (tertiary/aromatic N) is 3. The molecule has 2 amide bonds. The van der Waals surface area contributed by atoms with Crippen LogP contribution in [0.4, 0.5) is 10.6 Å². The molecule has 0 spiro atoms. The van der Waals surface area contributed by atoms with Crippen LogP contribution in [0, 0.1) is 0 Å². The number of methoxy groups -OCH3 is 1. The number of hydrogen-bond acceptors (Lipinski definition) is 4. The van der Waals surface area contributed by atoms with Crippen molar-refractivity contribution in [2.45, 2.75) is 25.3 Å². The summed E-state index contributed by atoms with van der Waals surface area (Å²) in [5, 5.41) is 9.85. The molecule has 0 aliphatic heterocycles. The lowest BCUT2D eigenvalue weighted by Gasteiger charge is -2.27. The van der Waals surface area contributed by atoms with Gasteiger partial charge < -0.3 is 14.6 Å². The van der Waals surface area contributed by atoms with E-state index in [1.165, 1.54) is 11.8 Å². The number of aromatic nitrogens is 3. The van der Waals surface area contributed by atoms with Crippen molar-refractivity contribution in [2.75, 3.05) is 12.4 Å². The molecule has 24 heavy (non-hydrogen) atoms. The first kappa shape index (κ1) is 16.1. The maximum absolute atomic E-state index is 12.3. The maximum atomic E-state index is 12.3. The van der Waals surface area contributed by atoms with Gasteiger partial charge in [0, 0.05) is 31.9 Å². The van der Waals surface area contributed by atoms with Gasteiger partial charge in [-0.15, -0.1) is 5.10 Å². The van der Waals surface area contributed by atoms with E-state index in [1.54, 1.807) is 30.8 Å². The van der Waals surface area contributed by atoms with Crippen molar-refractivity contribution >= 4 is 11.8 Å². The Morgan fingerprint density at radius 3 is 2.88 bits per heavy atom. The Bertz CT molecular complexity index is 824. The number of nitrogens with one attached hydrogen (secondary N) is 2. The van der Waals surface area contributed by atoms with E-state index in [9.17, 15) is 9.59 Å². The van der Waals surface area contributed by atoms with Crippen LogP contribution in [0.1, 0.15) is 30.1 Å².